The fraction of sp³-hybridized carbons (Fsp3) is 0.421. The van der Waals surface area contributed by atoms with Gasteiger partial charge in [-0.05, 0) is 48.4 Å². The van der Waals surface area contributed by atoms with Gasteiger partial charge in [-0.15, -0.1) is 0 Å². The Morgan fingerprint density at radius 1 is 1.17 bits per heavy atom. The summed E-state index contributed by atoms with van der Waals surface area (Å²) in [7, 11) is 5.04. The second kappa shape index (κ2) is 4.94. The third kappa shape index (κ3) is 1.79. The second-order valence-corrected chi connectivity index (χ2v) is 6.84. The number of piperidine rings is 1. The van der Waals surface area contributed by atoms with Crippen molar-refractivity contribution in [1.29, 1.82) is 0 Å². The van der Waals surface area contributed by atoms with E-state index in [9.17, 15) is 9.90 Å². The fourth-order valence-electron chi connectivity index (χ4n) is 4.32. The van der Waals surface area contributed by atoms with Crippen LogP contribution in [-0.2, 0) is 10.2 Å². The molecule has 2 aliphatic carbocycles. The van der Waals surface area contributed by atoms with Gasteiger partial charge in [0.1, 0.15) is 0 Å². The summed E-state index contributed by atoms with van der Waals surface area (Å²) in [6, 6.07) is 3.96. The summed E-state index contributed by atoms with van der Waals surface area (Å²) < 4.78 is 10.9. The predicted octanol–water partition coefficient (Wildman–Crippen LogP) is 1.89. The number of nitrogens with zero attached hydrogens (tertiary/aromatic N) is 1. The van der Waals surface area contributed by atoms with Gasteiger partial charge in [-0.1, -0.05) is 12.2 Å². The molecule has 4 rings (SSSR count). The zero-order valence-corrected chi connectivity index (χ0v) is 14.1. The molecular formula is C19H21NO4. The molecule has 0 amide bonds. The Balaban J connectivity index is 1.96. The van der Waals surface area contributed by atoms with Gasteiger partial charge in [-0.2, -0.15) is 0 Å². The molecule has 126 valence electrons. The highest BCUT2D eigenvalue weighted by Crippen LogP contribution is 2.54. The Labute approximate surface area is 141 Å². The van der Waals surface area contributed by atoms with Crippen LogP contribution in [0.4, 0.5) is 0 Å². The number of ketones is 1. The number of benzene rings is 1. The molecule has 5 nitrogen and oxygen atoms in total. The zero-order chi connectivity index (χ0) is 17.1. The number of ether oxygens (including phenoxy) is 2. The van der Waals surface area contributed by atoms with E-state index in [1.165, 1.54) is 0 Å². The minimum absolute atomic E-state index is 0.232. The van der Waals surface area contributed by atoms with Gasteiger partial charge in [0, 0.05) is 18.4 Å². The van der Waals surface area contributed by atoms with Crippen LogP contribution in [0.5, 0.6) is 11.5 Å². The quantitative estimate of drug-likeness (QED) is 0.899. The van der Waals surface area contributed by atoms with Crippen molar-refractivity contribution in [3.05, 3.63) is 41.0 Å². The van der Waals surface area contributed by atoms with E-state index in [0.29, 0.717) is 24.5 Å². The maximum absolute atomic E-state index is 12.5. The molecule has 1 heterocycles. The van der Waals surface area contributed by atoms with Crippen molar-refractivity contribution in [2.75, 3.05) is 27.8 Å². The largest absolute Gasteiger partial charge is 0.493 e. The first-order valence-corrected chi connectivity index (χ1v) is 8.09. The van der Waals surface area contributed by atoms with Gasteiger partial charge in [-0.25, -0.2) is 0 Å². The molecule has 1 saturated heterocycles. The fourth-order valence-corrected chi connectivity index (χ4v) is 4.32. The van der Waals surface area contributed by atoms with Crippen molar-refractivity contribution in [3.63, 3.8) is 0 Å². The maximum Gasteiger partial charge on any atom is 0.202 e. The minimum Gasteiger partial charge on any atom is -0.493 e. The summed E-state index contributed by atoms with van der Waals surface area (Å²) in [5.41, 5.74) is 1.32. The van der Waals surface area contributed by atoms with E-state index in [1.807, 2.05) is 24.3 Å². The van der Waals surface area contributed by atoms with Crippen LogP contribution < -0.4 is 9.47 Å². The van der Waals surface area contributed by atoms with E-state index >= 15 is 0 Å². The van der Waals surface area contributed by atoms with Crippen molar-refractivity contribution in [2.45, 2.75) is 24.0 Å². The van der Waals surface area contributed by atoms with E-state index in [1.54, 1.807) is 32.2 Å². The van der Waals surface area contributed by atoms with E-state index < -0.39 is 5.72 Å². The predicted molar refractivity (Wildman–Crippen MR) is 90.2 cm³/mol. The lowest BCUT2D eigenvalue weighted by molar-refractivity contribution is -0.168. The molecule has 2 atom stereocenters. The smallest absolute Gasteiger partial charge is 0.202 e. The van der Waals surface area contributed by atoms with Crippen LogP contribution in [0.3, 0.4) is 0 Å². The van der Waals surface area contributed by atoms with Crippen LogP contribution in [0, 0.1) is 0 Å². The molecular weight excluding hydrogens is 306 g/mol. The number of carbonyl (C=O) groups excluding carboxylic acids is 1. The SMILES string of the molecule is COc1cc2c(cc1OC)[C@]13CCN(C)[C@@](O)(C1)C(=O)C=C3C=C2. The summed E-state index contributed by atoms with van der Waals surface area (Å²) in [6.45, 7) is 0.654. The van der Waals surface area contributed by atoms with Crippen LogP contribution in [-0.4, -0.2) is 49.3 Å². The number of methoxy groups -OCH3 is 2. The van der Waals surface area contributed by atoms with Crippen molar-refractivity contribution < 1.29 is 19.4 Å². The van der Waals surface area contributed by atoms with Crippen LogP contribution in [0.1, 0.15) is 24.0 Å². The molecule has 2 bridgehead atoms. The number of likely N-dealkylation sites (N-methyl/N-ethyl adjacent to an activating group) is 1. The molecule has 5 heteroatoms. The summed E-state index contributed by atoms with van der Waals surface area (Å²) in [5.74, 6) is 1.11. The Morgan fingerprint density at radius 2 is 1.88 bits per heavy atom. The highest BCUT2D eigenvalue weighted by molar-refractivity contribution is 6.00. The normalized spacial score (nSPS) is 31.2. The number of aliphatic hydroxyl groups is 1. The molecule has 24 heavy (non-hydrogen) atoms. The maximum atomic E-state index is 12.5. The van der Waals surface area contributed by atoms with E-state index in [2.05, 4.69) is 0 Å². The summed E-state index contributed by atoms with van der Waals surface area (Å²) in [5, 5.41) is 11.0. The van der Waals surface area contributed by atoms with Gasteiger partial charge in [0.25, 0.3) is 0 Å². The van der Waals surface area contributed by atoms with Crippen LogP contribution >= 0.6 is 0 Å². The van der Waals surface area contributed by atoms with Gasteiger partial charge >= 0.3 is 0 Å². The number of rotatable bonds is 2. The number of carbonyl (C=O) groups is 1. The lowest BCUT2D eigenvalue weighted by atomic mass is 9.58. The summed E-state index contributed by atoms with van der Waals surface area (Å²) >= 11 is 0. The van der Waals surface area contributed by atoms with Gasteiger partial charge in [0.05, 0.1) is 14.2 Å². The van der Waals surface area contributed by atoms with Crippen molar-refractivity contribution in [1.82, 2.24) is 4.90 Å². The molecule has 0 radical (unpaired) electrons. The highest BCUT2D eigenvalue weighted by atomic mass is 16.5. The molecule has 0 saturated carbocycles. The number of fused-ring (bicyclic) bond motifs is 2. The first kappa shape index (κ1) is 15.4. The van der Waals surface area contributed by atoms with Crippen molar-refractivity contribution in [3.8, 4) is 11.5 Å². The van der Waals surface area contributed by atoms with E-state index in [0.717, 1.165) is 23.1 Å². The number of hydrogen-bond donors (Lipinski definition) is 1. The lowest BCUT2D eigenvalue weighted by Gasteiger charge is -2.54. The zero-order valence-electron chi connectivity index (χ0n) is 14.1. The average Bonchev–Trinajstić information content (AvgIpc) is 2.59. The molecule has 0 aromatic heterocycles. The van der Waals surface area contributed by atoms with Crippen LogP contribution in [0.25, 0.3) is 6.08 Å². The van der Waals surface area contributed by atoms with Gasteiger partial charge in [0.2, 0.25) is 5.78 Å². The lowest BCUT2D eigenvalue weighted by Crippen LogP contribution is -2.63. The molecule has 1 aromatic rings. The molecule has 1 fully saturated rings. The monoisotopic (exact) mass is 327 g/mol. The number of likely N-dealkylation sites (tertiary alicyclic amines) is 1. The van der Waals surface area contributed by atoms with Crippen molar-refractivity contribution in [2.24, 2.45) is 0 Å². The van der Waals surface area contributed by atoms with E-state index in [4.69, 9.17) is 9.47 Å². The third-order valence-corrected chi connectivity index (χ3v) is 5.80. The summed E-state index contributed by atoms with van der Waals surface area (Å²) in [4.78, 5) is 14.2. The van der Waals surface area contributed by atoms with Crippen LogP contribution in [0.2, 0.25) is 0 Å². The van der Waals surface area contributed by atoms with E-state index in [-0.39, 0.29) is 11.2 Å². The molecule has 1 aliphatic heterocycles. The topological polar surface area (TPSA) is 59.0 Å². The molecule has 1 N–H and O–H groups in total. The Bertz CT molecular complexity index is 797. The molecule has 0 unspecified atom stereocenters. The number of allylic oxidation sites excluding steroid dienone is 2. The Hall–Kier alpha value is -2.11. The average molecular weight is 327 g/mol. The van der Waals surface area contributed by atoms with Gasteiger partial charge < -0.3 is 14.6 Å². The first-order chi connectivity index (χ1) is 11.4. The Kier molecular flexibility index (Phi) is 3.18. The number of hydrogen-bond acceptors (Lipinski definition) is 5. The third-order valence-electron chi connectivity index (χ3n) is 5.80. The standard InChI is InChI=1S/C19H21NO4/c1-20-7-6-18-11-19(20,22)17(21)9-13(18)5-4-12-8-15(23-2)16(24-3)10-14(12)18/h4-5,8-10,22H,6-7,11H2,1-3H3/t18-,19-/m1/s1. The minimum atomic E-state index is -1.43. The summed E-state index contributed by atoms with van der Waals surface area (Å²) in [6.07, 6.45) is 6.82. The van der Waals surface area contributed by atoms with Gasteiger partial charge in [0.15, 0.2) is 17.2 Å². The highest BCUT2D eigenvalue weighted by Gasteiger charge is 2.56. The van der Waals surface area contributed by atoms with Gasteiger partial charge in [-0.3, -0.25) is 9.69 Å². The molecule has 3 aliphatic rings. The molecule has 1 aromatic carbocycles. The first-order valence-electron chi connectivity index (χ1n) is 8.09. The van der Waals surface area contributed by atoms with Crippen molar-refractivity contribution >= 4 is 11.9 Å². The Morgan fingerprint density at radius 3 is 2.58 bits per heavy atom. The van der Waals surface area contributed by atoms with Crippen LogP contribution in [0.15, 0.2) is 29.9 Å². The second-order valence-electron chi connectivity index (χ2n) is 6.84. The molecule has 1 spiro atoms.